The lowest BCUT2D eigenvalue weighted by atomic mass is 9.94. The van der Waals surface area contributed by atoms with Crippen LogP contribution in [0.3, 0.4) is 0 Å². The molecule has 0 aliphatic heterocycles. The van der Waals surface area contributed by atoms with E-state index in [1.54, 1.807) is 7.05 Å². The maximum Gasteiger partial charge on any atom is 0.410 e. The van der Waals surface area contributed by atoms with E-state index in [0.717, 1.165) is 5.69 Å². The Morgan fingerprint density at radius 1 is 0.929 bits per heavy atom. The number of anilines is 1. The molecule has 5 nitrogen and oxygen atoms in total. The van der Waals surface area contributed by atoms with E-state index in [1.165, 1.54) is 16.0 Å². The van der Waals surface area contributed by atoms with Crippen LogP contribution in [0.5, 0.6) is 0 Å². The fourth-order valence-electron chi connectivity index (χ4n) is 3.00. The summed E-state index contributed by atoms with van der Waals surface area (Å²) in [6.07, 6.45) is -0.500. The van der Waals surface area contributed by atoms with Crippen LogP contribution in [0.15, 0.2) is 18.2 Å². The van der Waals surface area contributed by atoms with Crippen molar-refractivity contribution in [2.75, 3.05) is 12.4 Å². The Labute approximate surface area is 170 Å². The van der Waals surface area contributed by atoms with Crippen molar-refractivity contribution in [1.29, 1.82) is 0 Å². The number of hydrogen-bond donors (Lipinski definition) is 1. The van der Waals surface area contributed by atoms with Crippen LogP contribution in [0, 0.1) is 5.92 Å². The summed E-state index contributed by atoms with van der Waals surface area (Å²) >= 11 is 0. The van der Waals surface area contributed by atoms with Gasteiger partial charge < -0.3 is 10.1 Å². The van der Waals surface area contributed by atoms with E-state index in [2.05, 4.69) is 39.1 Å². The van der Waals surface area contributed by atoms with Crippen LogP contribution >= 0.6 is 0 Å². The molecule has 1 atom stereocenters. The number of amides is 2. The number of benzene rings is 1. The Bertz CT molecular complexity index is 661. The summed E-state index contributed by atoms with van der Waals surface area (Å²) in [5.41, 5.74) is 2.52. The minimum Gasteiger partial charge on any atom is -0.444 e. The highest BCUT2D eigenvalue weighted by molar-refractivity contribution is 5.96. The van der Waals surface area contributed by atoms with E-state index in [9.17, 15) is 9.59 Å². The van der Waals surface area contributed by atoms with E-state index >= 15 is 0 Å². The minimum absolute atomic E-state index is 0.0598. The molecule has 0 fully saturated rings. The van der Waals surface area contributed by atoms with Gasteiger partial charge in [0.15, 0.2) is 0 Å². The van der Waals surface area contributed by atoms with Crippen molar-refractivity contribution in [2.24, 2.45) is 5.92 Å². The molecule has 1 rings (SSSR count). The molecule has 2 amide bonds. The van der Waals surface area contributed by atoms with Gasteiger partial charge in [-0.3, -0.25) is 9.69 Å². The summed E-state index contributed by atoms with van der Waals surface area (Å²) in [6.45, 7) is 17.8. The van der Waals surface area contributed by atoms with Crippen LogP contribution in [0.25, 0.3) is 0 Å². The van der Waals surface area contributed by atoms with Crippen LogP contribution in [-0.4, -0.2) is 35.6 Å². The molecule has 158 valence electrons. The topological polar surface area (TPSA) is 58.6 Å². The molecular formula is C23H38N2O3. The van der Waals surface area contributed by atoms with Gasteiger partial charge in [0, 0.05) is 12.7 Å². The summed E-state index contributed by atoms with van der Waals surface area (Å²) < 4.78 is 5.44. The van der Waals surface area contributed by atoms with Crippen LogP contribution in [0.1, 0.15) is 85.3 Å². The smallest absolute Gasteiger partial charge is 0.410 e. The maximum atomic E-state index is 13.1. The average Bonchev–Trinajstić information content (AvgIpc) is 2.52. The lowest BCUT2D eigenvalue weighted by Gasteiger charge is -2.32. The third-order valence-corrected chi connectivity index (χ3v) is 4.58. The van der Waals surface area contributed by atoms with Gasteiger partial charge in [-0.15, -0.1) is 0 Å². The van der Waals surface area contributed by atoms with Crippen molar-refractivity contribution in [1.82, 2.24) is 4.90 Å². The lowest BCUT2D eigenvalue weighted by Crippen LogP contribution is -2.49. The molecule has 0 radical (unpaired) electrons. The molecule has 0 aliphatic rings. The molecule has 0 spiro atoms. The molecule has 0 bridgehead atoms. The van der Waals surface area contributed by atoms with Crippen molar-refractivity contribution in [3.63, 3.8) is 0 Å². The first-order valence-corrected chi connectivity index (χ1v) is 10.1. The number of ether oxygens (including phenoxy) is 1. The van der Waals surface area contributed by atoms with Crippen molar-refractivity contribution in [3.05, 3.63) is 29.3 Å². The van der Waals surface area contributed by atoms with Crippen LogP contribution in [-0.2, 0) is 9.53 Å². The molecule has 0 saturated carbocycles. The average molecular weight is 391 g/mol. The van der Waals surface area contributed by atoms with E-state index in [-0.39, 0.29) is 11.8 Å². The van der Waals surface area contributed by atoms with Gasteiger partial charge in [-0.2, -0.15) is 0 Å². The second kappa shape index (κ2) is 9.44. The van der Waals surface area contributed by atoms with Crippen molar-refractivity contribution in [3.8, 4) is 0 Å². The van der Waals surface area contributed by atoms with Crippen molar-refractivity contribution < 1.29 is 14.3 Å². The Balaban J connectivity index is 3.12. The maximum absolute atomic E-state index is 13.1. The monoisotopic (exact) mass is 390 g/mol. The highest BCUT2D eigenvalue weighted by atomic mass is 16.6. The number of nitrogens with zero attached hydrogens (tertiary/aromatic N) is 1. The van der Waals surface area contributed by atoms with Gasteiger partial charge in [-0.1, -0.05) is 47.6 Å². The van der Waals surface area contributed by atoms with Crippen LogP contribution < -0.4 is 5.32 Å². The van der Waals surface area contributed by atoms with Gasteiger partial charge >= 0.3 is 6.09 Å². The fraction of sp³-hybridized carbons (Fsp3) is 0.652. The second-order valence-electron chi connectivity index (χ2n) is 9.47. The Kier molecular flexibility index (Phi) is 8.09. The lowest BCUT2D eigenvalue weighted by molar-refractivity contribution is -0.122. The van der Waals surface area contributed by atoms with Crippen LogP contribution in [0.4, 0.5) is 10.5 Å². The number of carbonyl (C=O) groups excluding carboxylic acids is 2. The molecule has 0 heterocycles. The van der Waals surface area contributed by atoms with Crippen molar-refractivity contribution in [2.45, 2.75) is 85.8 Å². The first kappa shape index (κ1) is 24.0. The summed E-state index contributed by atoms with van der Waals surface area (Å²) in [4.78, 5) is 26.9. The molecule has 1 N–H and O–H groups in total. The van der Waals surface area contributed by atoms with Gasteiger partial charge in [-0.25, -0.2) is 4.79 Å². The summed E-state index contributed by atoms with van der Waals surface area (Å²) in [5.74, 6) is 0.453. The minimum atomic E-state index is -0.625. The van der Waals surface area contributed by atoms with E-state index in [4.69, 9.17) is 4.74 Å². The van der Waals surface area contributed by atoms with Gasteiger partial charge in [0.25, 0.3) is 0 Å². The fourth-order valence-corrected chi connectivity index (χ4v) is 3.00. The molecular weight excluding hydrogens is 352 g/mol. The molecule has 1 aromatic carbocycles. The molecule has 0 unspecified atom stereocenters. The highest BCUT2D eigenvalue weighted by Crippen LogP contribution is 2.26. The van der Waals surface area contributed by atoms with Gasteiger partial charge in [0.1, 0.15) is 11.6 Å². The summed E-state index contributed by atoms with van der Waals surface area (Å²) in [5, 5.41) is 3.02. The predicted molar refractivity (Wildman–Crippen MR) is 116 cm³/mol. The quantitative estimate of drug-likeness (QED) is 0.671. The number of rotatable bonds is 6. The normalized spacial score (nSPS) is 13.0. The zero-order valence-corrected chi connectivity index (χ0v) is 19.2. The molecule has 0 aliphatic carbocycles. The van der Waals surface area contributed by atoms with Gasteiger partial charge in [-0.05, 0) is 61.8 Å². The highest BCUT2D eigenvalue weighted by Gasteiger charge is 2.32. The third-order valence-electron chi connectivity index (χ3n) is 4.58. The largest absolute Gasteiger partial charge is 0.444 e. The van der Waals surface area contributed by atoms with Gasteiger partial charge in [0.2, 0.25) is 5.91 Å². The zero-order chi connectivity index (χ0) is 21.8. The molecule has 1 aromatic rings. The number of carbonyl (C=O) groups is 2. The standard InChI is InChI=1S/C23H38N2O3/c1-14(2)17-11-18(15(3)4)13-19(12-17)24-21(26)20(16(5)6)25(10)22(27)28-23(7,8)9/h11-16,20H,1-10H3,(H,24,26)/t20-/m0/s1. The molecule has 0 saturated heterocycles. The molecule has 28 heavy (non-hydrogen) atoms. The van der Waals surface area contributed by atoms with Crippen LogP contribution in [0.2, 0.25) is 0 Å². The summed E-state index contributed by atoms with van der Waals surface area (Å²) in [7, 11) is 1.61. The first-order valence-electron chi connectivity index (χ1n) is 10.1. The zero-order valence-electron chi connectivity index (χ0n) is 19.2. The SMILES string of the molecule is CC(C)c1cc(NC(=O)[C@H](C(C)C)N(C)C(=O)OC(C)(C)C)cc(C(C)C)c1. The number of nitrogens with one attached hydrogen (secondary N) is 1. The summed E-state index contributed by atoms with van der Waals surface area (Å²) in [6, 6.07) is 5.59. The Hall–Kier alpha value is -2.04. The number of hydrogen-bond acceptors (Lipinski definition) is 3. The van der Waals surface area contributed by atoms with Crippen molar-refractivity contribution >= 4 is 17.7 Å². The third kappa shape index (κ3) is 6.84. The Morgan fingerprint density at radius 3 is 1.75 bits per heavy atom. The van der Waals surface area contributed by atoms with E-state index in [1.807, 2.05) is 46.8 Å². The first-order chi connectivity index (χ1) is 12.7. The molecule has 0 aromatic heterocycles. The predicted octanol–water partition coefficient (Wildman–Crippen LogP) is 5.76. The van der Waals surface area contributed by atoms with Gasteiger partial charge in [0.05, 0.1) is 0 Å². The second-order valence-corrected chi connectivity index (χ2v) is 9.47. The Morgan fingerprint density at radius 2 is 1.39 bits per heavy atom. The molecule has 5 heteroatoms. The number of likely N-dealkylation sites (N-methyl/N-ethyl adjacent to an activating group) is 1. The van der Waals surface area contributed by atoms with E-state index in [0.29, 0.717) is 11.8 Å². The van der Waals surface area contributed by atoms with E-state index < -0.39 is 17.7 Å².